The zero-order valence-electron chi connectivity index (χ0n) is 21.2. The van der Waals surface area contributed by atoms with E-state index in [-0.39, 0.29) is 22.9 Å². The van der Waals surface area contributed by atoms with Gasteiger partial charge in [-0.1, -0.05) is 40.0 Å². The van der Waals surface area contributed by atoms with Crippen LogP contribution in [0.5, 0.6) is 0 Å². The van der Waals surface area contributed by atoms with Gasteiger partial charge in [0.2, 0.25) is 0 Å². The standard InChI is InChI=1S/C27H40N4O3/c1-27(2,3)16-31-22-11-10-21(28-24(22)29(4)26(31)34)18-12-19-14-30(15-20(19)13-18)25(33)23(32)17-8-6-5-7-9-17/h10-11,17-20,23,32H,5-9,12-16H2,1-4H3. The maximum Gasteiger partial charge on any atom is 0.330 e. The summed E-state index contributed by atoms with van der Waals surface area (Å²) >= 11 is 0. The molecule has 0 aromatic carbocycles. The predicted octanol–water partition coefficient (Wildman–Crippen LogP) is 3.67. The lowest BCUT2D eigenvalue weighted by Gasteiger charge is -2.29. The second-order valence-electron chi connectivity index (χ2n) is 12.3. The molecule has 2 aromatic heterocycles. The van der Waals surface area contributed by atoms with E-state index in [4.69, 9.17) is 4.98 Å². The van der Waals surface area contributed by atoms with Gasteiger partial charge in [-0.15, -0.1) is 0 Å². The molecule has 7 heteroatoms. The molecule has 3 aliphatic rings. The van der Waals surface area contributed by atoms with E-state index in [2.05, 4.69) is 32.9 Å². The van der Waals surface area contributed by atoms with Crippen molar-refractivity contribution >= 4 is 17.1 Å². The van der Waals surface area contributed by atoms with Gasteiger partial charge < -0.3 is 10.0 Å². The van der Waals surface area contributed by atoms with Crippen molar-refractivity contribution in [3.8, 4) is 0 Å². The van der Waals surface area contributed by atoms with E-state index in [0.717, 1.165) is 68.5 Å². The molecule has 1 aliphatic heterocycles. The van der Waals surface area contributed by atoms with Crippen molar-refractivity contribution in [3.63, 3.8) is 0 Å². The summed E-state index contributed by atoms with van der Waals surface area (Å²) in [5.74, 6) is 1.40. The lowest BCUT2D eigenvalue weighted by molar-refractivity contribution is -0.143. The number of nitrogens with zero attached hydrogens (tertiary/aromatic N) is 4. The quantitative estimate of drug-likeness (QED) is 0.742. The van der Waals surface area contributed by atoms with Crippen LogP contribution in [0.25, 0.3) is 11.2 Å². The Balaban J connectivity index is 1.27. The van der Waals surface area contributed by atoms with Crippen molar-refractivity contribution < 1.29 is 9.90 Å². The molecule has 3 unspecified atom stereocenters. The van der Waals surface area contributed by atoms with Gasteiger partial charge in [0.25, 0.3) is 5.91 Å². The number of fused-ring (bicyclic) bond motifs is 2. The minimum Gasteiger partial charge on any atom is -0.383 e. The van der Waals surface area contributed by atoms with E-state index < -0.39 is 6.10 Å². The van der Waals surface area contributed by atoms with Crippen molar-refractivity contribution in [1.82, 2.24) is 19.0 Å². The molecule has 34 heavy (non-hydrogen) atoms. The number of hydrogen-bond acceptors (Lipinski definition) is 4. The monoisotopic (exact) mass is 468 g/mol. The molecule has 3 atom stereocenters. The van der Waals surface area contributed by atoms with Crippen LogP contribution in [0.3, 0.4) is 0 Å². The summed E-state index contributed by atoms with van der Waals surface area (Å²) < 4.78 is 3.52. The molecule has 3 fully saturated rings. The molecular weight excluding hydrogens is 428 g/mol. The molecule has 1 N–H and O–H groups in total. The first-order valence-corrected chi connectivity index (χ1v) is 13.2. The highest BCUT2D eigenvalue weighted by atomic mass is 16.3. The number of carbonyl (C=O) groups excluding carboxylic acids is 1. The van der Waals surface area contributed by atoms with Crippen molar-refractivity contribution in [3.05, 3.63) is 28.3 Å². The van der Waals surface area contributed by atoms with Crippen molar-refractivity contribution in [2.75, 3.05) is 13.1 Å². The Bertz CT molecular complexity index is 1110. The average molecular weight is 469 g/mol. The summed E-state index contributed by atoms with van der Waals surface area (Å²) in [7, 11) is 1.81. The van der Waals surface area contributed by atoms with Crippen LogP contribution >= 0.6 is 0 Å². The van der Waals surface area contributed by atoms with Gasteiger partial charge in [-0.25, -0.2) is 9.78 Å². The Morgan fingerprint density at radius 1 is 1.12 bits per heavy atom. The lowest BCUT2D eigenvalue weighted by atomic mass is 9.85. The Kier molecular flexibility index (Phi) is 6.11. The van der Waals surface area contributed by atoms with Gasteiger partial charge >= 0.3 is 5.69 Å². The third-order valence-corrected chi connectivity index (χ3v) is 8.47. The fourth-order valence-corrected chi connectivity index (χ4v) is 6.70. The number of hydrogen-bond donors (Lipinski definition) is 1. The molecule has 5 rings (SSSR count). The molecule has 7 nitrogen and oxygen atoms in total. The summed E-state index contributed by atoms with van der Waals surface area (Å²) in [6, 6.07) is 4.16. The molecule has 3 heterocycles. The van der Waals surface area contributed by atoms with Gasteiger partial charge in [0.1, 0.15) is 6.10 Å². The van der Waals surface area contributed by atoms with Gasteiger partial charge in [-0.2, -0.15) is 0 Å². The Morgan fingerprint density at radius 2 is 1.76 bits per heavy atom. The van der Waals surface area contributed by atoms with Crippen LogP contribution in [0.4, 0.5) is 0 Å². The summed E-state index contributed by atoms with van der Waals surface area (Å²) in [5, 5.41) is 10.7. The van der Waals surface area contributed by atoms with E-state index in [9.17, 15) is 14.7 Å². The molecular formula is C27H40N4O3. The van der Waals surface area contributed by atoms with Crippen LogP contribution in [0, 0.1) is 23.2 Å². The highest BCUT2D eigenvalue weighted by Crippen LogP contribution is 2.46. The number of aliphatic hydroxyl groups is 1. The topological polar surface area (TPSA) is 80.4 Å². The first-order chi connectivity index (χ1) is 16.1. The largest absolute Gasteiger partial charge is 0.383 e. The van der Waals surface area contributed by atoms with Crippen LogP contribution in [0.2, 0.25) is 0 Å². The van der Waals surface area contributed by atoms with Crippen molar-refractivity contribution in [2.24, 2.45) is 30.2 Å². The van der Waals surface area contributed by atoms with Gasteiger partial charge in [-0.3, -0.25) is 13.9 Å². The number of likely N-dealkylation sites (tertiary alicyclic amines) is 1. The molecule has 0 radical (unpaired) electrons. The maximum atomic E-state index is 13.0. The normalized spacial score (nSPS) is 26.9. The smallest absolute Gasteiger partial charge is 0.330 e. The van der Waals surface area contributed by atoms with Gasteiger partial charge in [-0.05, 0) is 61.0 Å². The summed E-state index contributed by atoms with van der Waals surface area (Å²) in [6.45, 7) is 8.59. The number of aliphatic hydroxyl groups excluding tert-OH is 1. The predicted molar refractivity (Wildman–Crippen MR) is 133 cm³/mol. The fraction of sp³-hybridized carbons (Fsp3) is 0.741. The third-order valence-electron chi connectivity index (χ3n) is 8.47. The first-order valence-electron chi connectivity index (χ1n) is 13.2. The molecule has 2 aliphatic carbocycles. The number of pyridine rings is 1. The number of carbonyl (C=O) groups is 1. The Morgan fingerprint density at radius 3 is 2.38 bits per heavy atom. The number of rotatable bonds is 4. The van der Waals surface area contributed by atoms with Gasteiger partial charge in [0.15, 0.2) is 5.65 Å². The third kappa shape index (κ3) is 4.32. The van der Waals surface area contributed by atoms with E-state index in [1.807, 2.05) is 16.5 Å². The minimum atomic E-state index is -0.822. The van der Waals surface area contributed by atoms with Crippen molar-refractivity contribution in [1.29, 1.82) is 0 Å². The maximum absolute atomic E-state index is 13.0. The van der Waals surface area contributed by atoms with Crippen LogP contribution in [0.15, 0.2) is 16.9 Å². The van der Waals surface area contributed by atoms with Crippen LogP contribution in [0.1, 0.15) is 77.3 Å². The second kappa shape index (κ2) is 8.81. The highest BCUT2D eigenvalue weighted by Gasteiger charge is 2.45. The fourth-order valence-electron chi connectivity index (χ4n) is 6.70. The number of amides is 1. The molecule has 1 saturated heterocycles. The Hall–Kier alpha value is -2.15. The van der Waals surface area contributed by atoms with E-state index in [0.29, 0.717) is 24.3 Å². The zero-order valence-corrected chi connectivity index (χ0v) is 21.2. The Labute approximate surface area is 202 Å². The number of aryl methyl sites for hydroxylation is 1. The molecule has 186 valence electrons. The number of imidazole rings is 1. The highest BCUT2D eigenvalue weighted by molar-refractivity contribution is 5.81. The lowest BCUT2D eigenvalue weighted by Crippen LogP contribution is -2.42. The van der Waals surface area contributed by atoms with E-state index >= 15 is 0 Å². The second-order valence-corrected chi connectivity index (χ2v) is 12.3. The van der Waals surface area contributed by atoms with E-state index in [1.165, 1.54) is 6.42 Å². The van der Waals surface area contributed by atoms with Crippen LogP contribution in [-0.2, 0) is 18.4 Å². The molecule has 0 spiro atoms. The van der Waals surface area contributed by atoms with Gasteiger partial charge in [0, 0.05) is 38.3 Å². The first kappa shape index (κ1) is 23.6. The number of aromatic nitrogens is 3. The van der Waals surface area contributed by atoms with Gasteiger partial charge in [0.05, 0.1) is 5.52 Å². The minimum absolute atomic E-state index is 0.00749. The van der Waals surface area contributed by atoms with Crippen LogP contribution in [-0.4, -0.2) is 49.2 Å². The molecule has 1 amide bonds. The average Bonchev–Trinajstić information content (AvgIpc) is 3.45. The SMILES string of the molecule is Cn1c(=O)n(CC(C)(C)C)c2ccc(C3CC4CN(C(=O)C(O)C5CCCCC5)CC4C3)nc21. The zero-order chi connectivity index (χ0) is 24.2. The summed E-state index contributed by atoms with van der Waals surface area (Å²) in [5.41, 5.74) is 2.72. The molecule has 2 aromatic rings. The van der Waals surface area contributed by atoms with Crippen molar-refractivity contribution in [2.45, 2.75) is 84.3 Å². The molecule has 0 bridgehead atoms. The van der Waals surface area contributed by atoms with E-state index in [1.54, 1.807) is 4.57 Å². The van der Waals surface area contributed by atoms with Crippen LogP contribution < -0.4 is 5.69 Å². The molecule has 2 saturated carbocycles. The summed E-state index contributed by atoms with van der Waals surface area (Å²) in [4.78, 5) is 32.7. The summed E-state index contributed by atoms with van der Waals surface area (Å²) in [6.07, 6.45) is 6.65.